The standard InChI is InChI=1S/C16H18N2O4/c19-13(17-9-16(6-7-16)15(21)22)11-2-1-3-12(8-11)18-14(20)10-4-5-10/h1-3,8,10H,4-7,9H2,(H,17,19)(H,18,20)(H,21,22). The molecule has 116 valence electrons. The van der Waals surface area contributed by atoms with E-state index in [2.05, 4.69) is 10.6 Å². The molecule has 0 bridgehead atoms. The van der Waals surface area contributed by atoms with Gasteiger partial charge in [0, 0.05) is 23.7 Å². The van der Waals surface area contributed by atoms with Gasteiger partial charge in [-0.3, -0.25) is 14.4 Å². The molecule has 3 rings (SSSR count). The lowest BCUT2D eigenvalue weighted by molar-refractivity contribution is -0.143. The minimum Gasteiger partial charge on any atom is -0.481 e. The van der Waals surface area contributed by atoms with Crippen LogP contribution in [0.2, 0.25) is 0 Å². The van der Waals surface area contributed by atoms with Crippen LogP contribution in [0.5, 0.6) is 0 Å². The van der Waals surface area contributed by atoms with E-state index in [9.17, 15) is 14.4 Å². The zero-order valence-electron chi connectivity index (χ0n) is 12.1. The molecule has 0 atom stereocenters. The van der Waals surface area contributed by atoms with Crippen molar-refractivity contribution in [3.05, 3.63) is 29.8 Å². The minimum atomic E-state index is -0.863. The molecule has 0 spiro atoms. The Morgan fingerprint density at radius 2 is 1.95 bits per heavy atom. The van der Waals surface area contributed by atoms with E-state index in [1.807, 2.05) is 0 Å². The lowest BCUT2D eigenvalue weighted by atomic mass is 10.1. The van der Waals surface area contributed by atoms with E-state index in [-0.39, 0.29) is 24.3 Å². The normalized spacial score (nSPS) is 18.4. The van der Waals surface area contributed by atoms with Gasteiger partial charge in [0.2, 0.25) is 5.91 Å². The summed E-state index contributed by atoms with van der Waals surface area (Å²) in [6, 6.07) is 6.68. The fourth-order valence-corrected chi connectivity index (χ4v) is 2.30. The topological polar surface area (TPSA) is 95.5 Å². The highest BCUT2D eigenvalue weighted by atomic mass is 16.4. The lowest BCUT2D eigenvalue weighted by Gasteiger charge is -2.12. The zero-order chi connectivity index (χ0) is 15.7. The largest absolute Gasteiger partial charge is 0.481 e. The number of carboxylic acid groups (broad SMARTS) is 1. The third-order valence-electron chi connectivity index (χ3n) is 4.24. The molecule has 0 unspecified atom stereocenters. The Hall–Kier alpha value is -2.37. The molecule has 1 aromatic rings. The first-order valence-corrected chi connectivity index (χ1v) is 7.43. The van der Waals surface area contributed by atoms with Gasteiger partial charge in [-0.05, 0) is 43.9 Å². The first-order chi connectivity index (χ1) is 10.5. The molecular weight excluding hydrogens is 284 g/mol. The highest BCUT2D eigenvalue weighted by molar-refractivity contribution is 5.98. The maximum Gasteiger partial charge on any atom is 0.311 e. The van der Waals surface area contributed by atoms with Crippen LogP contribution in [0.3, 0.4) is 0 Å². The van der Waals surface area contributed by atoms with Crippen molar-refractivity contribution in [3.63, 3.8) is 0 Å². The number of rotatable bonds is 6. The molecule has 6 nitrogen and oxygen atoms in total. The number of amides is 2. The van der Waals surface area contributed by atoms with E-state index in [4.69, 9.17) is 5.11 Å². The monoisotopic (exact) mass is 302 g/mol. The van der Waals surface area contributed by atoms with Crippen LogP contribution in [0.25, 0.3) is 0 Å². The third kappa shape index (κ3) is 3.10. The van der Waals surface area contributed by atoms with Crippen molar-refractivity contribution >= 4 is 23.5 Å². The summed E-state index contributed by atoms with van der Waals surface area (Å²) in [4.78, 5) is 34.9. The lowest BCUT2D eigenvalue weighted by Crippen LogP contribution is -2.34. The van der Waals surface area contributed by atoms with E-state index in [0.717, 1.165) is 12.8 Å². The van der Waals surface area contributed by atoms with E-state index >= 15 is 0 Å². The van der Waals surface area contributed by atoms with Gasteiger partial charge in [-0.15, -0.1) is 0 Å². The average molecular weight is 302 g/mol. The number of carboxylic acids is 1. The summed E-state index contributed by atoms with van der Waals surface area (Å²) >= 11 is 0. The van der Waals surface area contributed by atoms with Crippen molar-refractivity contribution in [2.45, 2.75) is 25.7 Å². The number of carbonyl (C=O) groups excluding carboxylic acids is 2. The van der Waals surface area contributed by atoms with Crippen LogP contribution >= 0.6 is 0 Å². The van der Waals surface area contributed by atoms with E-state index in [1.54, 1.807) is 24.3 Å². The first-order valence-electron chi connectivity index (χ1n) is 7.43. The number of nitrogens with one attached hydrogen (secondary N) is 2. The van der Waals surface area contributed by atoms with Crippen molar-refractivity contribution in [2.75, 3.05) is 11.9 Å². The summed E-state index contributed by atoms with van der Waals surface area (Å²) in [5.41, 5.74) is 0.215. The number of anilines is 1. The Labute approximate surface area is 127 Å². The quantitative estimate of drug-likeness (QED) is 0.744. The maximum absolute atomic E-state index is 12.1. The number of aliphatic carboxylic acids is 1. The summed E-state index contributed by atoms with van der Waals surface area (Å²) in [5.74, 6) is -1.10. The molecule has 0 saturated heterocycles. The van der Waals surface area contributed by atoms with Gasteiger partial charge in [-0.2, -0.15) is 0 Å². The second-order valence-corrected chi connectivity index (χ2v) is 6.11. The molecule has 2 aliphatic rings. The van der Waals surface area contributed by atoms with Crippen molar-refractivity contribution in [1.82, 2.24) is 5.32 Å². The second-order valence-electron chi connectivity index (χ2n) is 6.11. The minimum absolute atomic E-state index is 0.0135. The van der Waals surface area contributed by atoms with Gasteiger partial charge in [0.15, 0.2) is 0 Å². The molecule has 0 aliphatic heterocycles. The van der Waals surface area contributed by atoms with Crippen LogP contribution in [-0.4, -0.2) is 29.4 Å². The van der Waals surface area contributed by atoms with Crippen molar-refractivity contribution in [3.8, 4) is 0 Å². The first kappa shape index (κ1) is 14.6. The van der Waals surface area contributed by atoms with E-state index in [0.29, 0.717) is 24.1 Å². The van der Waals surface area contributed by atoms with Gasteiger partial charge in [-0.25, -0.2) is 0 Å². The summed E-state index contributed by atoms with van der Waals surface area (Å²) in [6.45, 7) is 0.139. The molecule has 1 aromatic carbocycles. The predicted molar refractivity (Wildman–Crippen MR) is 79.4 cm³/mol. The van der Waals surface area contributed by atoms with E-state index in [1.165, 1.54) is 0 Å². The molecule has 2 aliphatic carbocycles. The summed E-state index contributed by atoms with van der Waals surface area (Å²) in [6.07, 6.45) is 3.03. The third-order valence-corrected chi connectivity index (χ3v) is 4.24. The maximum atomic E-state index is 12.1. The Balaban J connectivity index is 1.60. The van der Waals surface area contributed by atoms with Crippen molar-refractivity contribution in [1.29, 1.82) is 0 Å². The van der Waals surface area contributed by atoms with E-state index < -0.39 is 11.4 Å². The van der Waals surface area contributed by atoms with Crippen molar-refractivity contribution < 1.29 is 19.5 Å². The van der Waals surface area contributed by atoms with Gasteiger partial charge in [-0.1, -0.05) is 6.07 Å². The fourth-order valence-electron chi connectivity index (χ4n) is 2.30. The second kappa shape index (κ2) is 5.44. The fraction of sp³-hybridized carbons (Fsp3) is 0.438. The van der Waals surface area contributed by atoms with Crippen molar-refractivity contribution in [2.24, 2.45) is 11.3 Å². The Morgan fingerprint density at radius 1 is 1.23 bits per heavy atom. The number of benzene rings is 1. The molecule has 2 fully saturated rings. The Kier molecular flexibility index (Phi) is 3.60. The Bertz CT molecular complexity index is 633. The molecular formula is C16H18N2O4. The SMILES string of the molecule is O=C(NCC1(C(=O)O)CC1)c1cccc(NC(=O)C2CC2)c1. The average Bonchev–Trinajstić information content (AvgIpc) is 3.39. The molecule has 6 heteroatoms. The Morgan fingerprint density at radius 3 is 2.55 bits per heavy atom. The van der Waals surface area contributed by atoms with Gasteiger partial charge in [0.1, 0.15) is 0 Å². The van der Waals surface area contributed by atoms with Gasteiger partial charge < -0.3 is 15.7 Å². The smallest absolute Gasteiger partial charge is 0.311 e. The number of hydrogen-bond donors (Lipinski definition) is 3. The zero-order valence-corrected chi connectivity index (χ0v) is 12.1. The molecule has 2 amide bonds. The summed E-state index contributed by atoms with van der Waals surface area (Å²) < 4.78 is 0. The highest BCUT2D eigenvalue weighted by Gasteiger charge is 2.50. The van der Waals surface area contributed by atoms with Gasteiger partial charge >= 0.3 is 5.97 Å². The number of hydrogen-bond acceptors (Lipinski definition) is 3. The highest BCUT2D eigenvalue weighted by Crippen LogP contribution is 2.45. The summed E-state index contributed by atoms with van der Waals surface area (Å²) in [5, 5.41) is 14.5. The van der Waals surface area contributed by atoms with Gasteiger partial charge in [0.05, 0.1) is 5.41 Å². The molecule has 0 aromatic heterocycles. The summed E-state index contributed by atoms with van der Waals surface area (Å²) in [7, 11) is 0. The number of carbonyl (C=O) groups is 3. The molecule has 0 radical (unpaired) electrons. The van der Waals surface area contributed by atoms with Crippen LogP contribution in [0, 0.1) is 11.3 Å². The van der Waals surface area contributed by atoms with Gasteiger partial charge in [0.25, 0.3) is 5.91 Å². The van der Waals surface area contributed by atoms with Crippen LogP contribution in [-0.2, 0) is 9.59 Å². The predicted octanol–water partition coefficient (Wildman–Crippen LogP) is 1.63. The van der Waals surface area contributed by atoms with Crippen LogP contribution < -0.4 is 10.6 Å². The van der Waals surface area contributed by atoms with Crippen LogP contribution in [0.4, 0.5) is 5.69 Å². The molecule has 2 saturated carbocycles. The molecule has 22 heavy (non-hydrogen) atoms. The molecule has 3 N–H and O–H groups in total. The van der Waals surface area contributed by atoms with Crippen LogP contribution in [0.1, 0.15) is 36.0 Å². The molecule has 0 heterocycles. The van der Waals surface area contributed by atoms with Crippen LogP contribution in [0.15, 0.2) is 24.3 Å².